The van der Waals surface area contributed by atoms with E-state index in [1.165, 1.54) is 12.4 Å². The highest BCUT2D eigenvalue weighted by Gasteiger charge is 2.03. The number of carbonyl (C=O) groups is 3. The predicted molar refractivity (Wildman–Crippen MR) is 141 cm³/mol. The highest BCUT2D eigenvalue weighted by Crippen LogP contribution is 2.10. The summed E-state index contributed by atoms with van der Waals surface area (Å²) in [6, 6.07) is 23.6. The number of aldehydes is 1. The molecule has 0 bridgehead atoms. The van der Waals surface area contributed by atoms with Crippen LogP contribution in [0.1, 0.15) is 66.6 Å². The lowest BCUT2D eigenvalue weighted by molar-refractivity contribution is 0.0991. The zero-order valence-corrected chi connectivity index (χ0v) is 19.3. The summed E-state index contributed by atoms with van der Waals surface area (Å²) < 4.78 is 0. The van der Waals surface area contributed by atoms with Crippen LogP contribution in [0.3, 0.4) is 0 Å². The Morgan fingerprint density at radius 3 is 1.49 bits per heavy atom. The van der Waals surface area contributed by atoms with Crippen LogP contribution in [0, 0.1) is 11.3 Å². The van der Waals surface area contributed by atoms with Gasteiger partial charge in [0.25, 0.3) is 0 Å². The molecular weight excluding hydrogens is 466 g/mol. The first kappa shape index (κ1) is 28.1. The Hall–Kier alpha value is -5.16. The molecule has 37 heavy (non-hydrogen) atoms. The Balaban J connectivity index is 0.000000253. The van der Waals surface area contributed by atoms with Gasteiger partial charge in [-0.1, -0.05) is 43.8 Å². The Labute approximate surface area is 215 Å². The summed E-state index contributed by atoms with van der Waals surface area (Å²) in [5.41, 5.74) is 16.2. The molecule has 0 radical (unpaired) electrons. The van der Waals surface area contributed by atoms with Crippen LogP contribution < -0.4 is 11.5 Å². The van der Waals surface area contributed by atoms with Crippen LogP contribution in [-0.4, -0.2) is 28.1 Å². The van der Waals surface area contributed by atoms with Gasteiger partial charge >= 0.3 is 0 Å². The fraction of sp³-hybridized carbons (Fsp3) is 0.103. The minimum absolute atomic E-state index is 0. The number of benzene rings is 2. The van der Waals surface area contributed by atoms with E-state index >= 15 is 0 Å². The molecule has 0 saturated heterocycles. The van der Waals surface area contributed by atoms with Crippen molar-refractivity contribution in [3.05, 3.63) is 130 Å². The number of primary amides is 2. The van der Waals surface area contributed by atoms with Gasteiger partial charge in [-0.15, -0.1) is 0 Å². The average Bonchev–Trinajstić information content (AvgIpc) is 2.90. The molecule has 2 heterocycles. The van der Waals surface area contributed by atoms with E-state index in [0.717, 1.165) is 28.8 Å². The summed E-state index contributed by atoms with van der Waals surface area (Å²) in [5.74, 6) is -0.961. The lowest BCUT2D eigenvalue weighted by Crippen LogP contribution is -2.11. The third kappa shape index (κ3) is 8.53. The Bertz CT molecular complexity index is 1370. The number of amides is 2. The first-order valence-corrected chi connectivity index (χ1v) is 10.9. The number of aromatic nitrogens is 2. The van der Waals surface area contributed by atoms with Crippen molar-refractivity contribution in [2.24, 2.45) is 11.5 Å². The largest absolute Gasteiger partial charge is 0.366 e. The summed E-state index contributed by atoms with van der Waals surface area (Å²) in [4.78, 5) is 40.6. The van der Waals surface area contributed by atoms with Crippen molar-refractivity contribution in [2.75, 3.05) is 0 Å². The molecule has 0 fully saturated rings. The van der Waals surface area contributed by atoms with E-state index in [4.69, 9.17) is 16.7 Å². The first-order valence-electron chi connectivity index (χ1n) is 10.9. The molecule has 4 rings (SSSR count). The second-order valence-electron chi connectivity index (χ2n) is 7.83. The maximum atomic E-state index is 10.9. The Morgan fingerprint density at radius 2 is 1.16 bits per heavy atom. The minimum atomic E-state index is -0.482. The van der Waals surface area contributed by atoms with E-state index in [1.807, 2.05) is 24.3 Å². The highest BCUT2D eigenvalue weighted by atomic mass is 16.1. The standard InChI is InChI=1S/C14H11N3O.C14H12N2O2.CH4/c15-8-11-3-1-10(2-4-11)7-13-6-5-12(9-17-13)14(16)18;15-14(18)12-5-6-13(16-8-12)7-10-1-3-11(9-17)4-2-10;/h1-6,9H,7H2,(H2,16,18);1-6,8-9H,7H2,(H2,15,18);1H4. The smallest absolute Gasteiger partial charge is 0.250 e. The fourth-order valence-electron chi connectivity index (χ4n) is 3.18. The molecule has 0 aliphatic carbocycles. The monoisotopic (exact) mass is 493 g/mol. The van der Waals surface area contributed by atoms with Crippen LogP contribution >= 0.6 is 0 Å². The van der Waals surface area contributed by atoms with Crippen molar-refractivity contribution >= 4 is 18.1 Å². The normalized spacial score (nSPS) is 9.59. The van der Waals surface area contributed by atoms with Gasteiger partial charge in [0.05, 0.1) is 22.8 Å². The van der Waals surface area contributed by atoms with Crippen LogP contribution in [0.4, 0.5) is 0 Å². The van der Waals surface area contributed by atoms with Gasteiger partial charge in [-0.2, -0.15) is 5.26 Å². The zero-order chi connectivity index (χ0) is 25.9. The van der Waals surface area contributed by atoms with Gasteiger partial charge in [-0.25, -0.2) is 0 Å². The van der Waals surface area contributed by atoms with Gasteiger partial charge < -0.3 is 11.5 Å². The average molecular weight is 494 g/mol. The van der Waals surface area contributed by atoms with E-state index in [0.29, 0.717) is 35.1 Å². The van der Waals surface area contributed by atoms with E-state index in [2.05, 4.69) is 16.0 Å². The van der Waals surface area contributed by atoms with Crippen molar-refractivity contribution in [2.45, 2.75) is 20.3 Å². The number of hydrogen-bond acceptors (Lipinski definition) is 6. The number of nitriles is 1. The van der Waals surface area contributed by atoms with Gasteiger partial charge in [0.2, 0.25) is 11.8 Å². The van der Waals surface area contributed by atoms with Gasteiger partial charge in [-0.3, -0.25) is 24.4 Å². The lowest BCUT2D eigenvalue weighted by atomic mass is 10.1. The molecule has 0 aliphatic rings. The highest BCUT2D eigenvalue weighted by molar-refractivity contribution is 5.92. The molecule has 0 spiro atoms. The van der Waals surface area contributed by atoms with Crippen LogP contribution in [0.15, 0.2) is 85.2 Å². The summed E-state index contributed by atoms with van der Waals surface area (Å²) >= 11 is 0. The van der Waals surface area contributed by atoms with E-state index in [9.17, 15) is 14.4 Å². The summed E-state index contributed by atoms with van der Waals surface area (Å²) in [6.07, 6.45) is 5.06. The lowest BCUT2D eigenvalue weighted by Gasteiger charge is -2.02. The van der Waals surface area contributed by atoms with Crippen LogP contribution in [0.25, 0.3) is 0 Å². The Morgan fingerprint density at radius 1 is 0.730 bits per heavy atom. The molecule has 0 atom stereocenters. The molecular formula is C29H27N5O3. The number of rotatable bonds is 7. The Kier molecular flexibility index (Phi) is 10.4. The molecule has 186 valence electrons. The van der Waals surface area contributed by atoms with Gasteiger partial charge in [-0.05, 0) is 47.5 Å². The number of hydrogen-bond donors (Lipinski definition) is 2. The number of nitrogens with zero attached hydrogens (tertiary/aromatic N) is 3. The van der Waals surface area contributed by atoms with Gasteiger partial charge in [0, 0.05) is 42.2 Å². The summed E-state index contributed by atoms with van der Waals surface area (Å²) in [7, 11) is 0. The molecule has 2 amide bonds. The molecule has 2 aromatic carbocycles. The second kappa shape index (κ2) is 13.7. The molecule has 0 unspecified atom stereocenters. The van der Waals surface area contributed by atoms with Crippen LogP contribution in [0.2, 0.25) is 0 Å². The first-order chi connectivity index (χ1) is 17.4. The number of pyridine rings is 2. The fourth-order valence-corrected chi connectivity index (χ4v) is 3.18. The van der Waals surface area contributed by atoms with E-state index in [-0.39, 0.29) is 7.43 Å². The van der Waals surface area contributed by atoms with E-state index < -0.39 is 11.8 Å². The second-order valence-corrected chi connectivity index (χ2v) is 7.83. The quantitative estimate of drug-likeness (QED) is 0.373. The molecule has 4 N–H and O–H groups in total. The summed E-state index contributed by atoms with van der Waals surface area (Å²) in [5, 5.41) is 8.69. The predicted octanol–water partition coefficient (Wildman–Crippen LogP) is 3.86. The van der Waals surface area contributed by atoms with Gasteiger partial charge in [0.1, 0.15) is 6.29 Å². The zero-order valence-electron chi connectivity index (χ0n) is 19.3. The van der Waals surface area contributed by atoms with Crippen molar-refractivity contribution in [3.8, 4) is 6.07 Å². The molecule has 2 aromatic heterocycles. The SMILES string of the molecule is C.N#Cc1ccc(Cc2ccc(C(N)=O)cn2)cc1.NC(=O)c1ccc(Cc2ccc(C=O)cc2)nc1. The van der Waals surface area contributed by atoms with E-state index in [1.54, 1.807) is 48.5 Å². The summed E-state index contributed by atoms with van der Waals surface area (Å²) in [6.45, 7) is 0. The number of nitrogens with two attached hydrogens (primary N) is 2. The molecule has 8 heteroatoms. The maximum absolute atomic E-state index is 10.9. The van der Waals surface area contributed by atoms with Crippen molar-refractivity contribution in [3.63, 3.8) is 0 Å². The minimum Gasteiger partial charge on any atom is -0.366 e. The van der Waals surface area contributed by atoms with Crippen LogP contribution in [0.5, 0.6) is 0 Å². The third-order valence-electron chi connectivity index (χ3n) is 5.19. The topological polar surface area (TPSA) is 153 Å². The molecule has 0 saturated carbocycles. The maximum Gasteiger partial charge on any atom is 0.250 e. The van der Waals surface area contributed by atoms with Crippen molar-refractivity contribution < 1.29 is 14.4 Å². The van der Waals surface area contributed by atoms with Crippen molar-refractivity contribution in [1.29, 1.82) is 5.26 Å². The van der Waals surface area contributed by atoms with Crippen LogP contribution in [-0.2, 0) is 12.8 Å². The number of carbonyl (C=O) groups excluding carboxylic acids is 3. The molecule has 0 aliphatic heterocycles. The molecule has 8 nitrogen and oxygen atoms in total. The van der Waals surface area contributed by atoms with Crippen molar-refractivity contribution in [1.82, 2.24) is 9.97 Å². The molecule has 4 aromatic rings. The van der Waals surface area contributed by atoms with Gasteiger partial charge in [0.15, 0.2) is 0 Å². The third-order valence-corrected chi connectivity index (χ3v) is 5.19.